The minimum Gasteiger partial charge on any atom is -0.459 e. The Balaban J connectivity index is 1.38. The Morgan fingerprint density at radius 1 is 0.595 bits per heavy atom. The number of benzene rings is 2. The first-order chi connectivity index (χ1) is 19.4. The SMILES string of the molecule is CC(C)C1(C)CC(OC(=O)c2ccc(-c3ccc(C(=O)OC4CC(C)(C)NC(C)(C(C)C)C4)cc3)cc2)CC(C)(C)N1. The van der Waals surface area contributed by atoms with Crippen LogP contribution in [0.15, 0.2) is 48.5 Å². The topological polar surface area (TPSA) is 76.7 Å². The Morgan fingerprint density at radius 2 is 0.905 bits per heavy atom. The van der Waals surface area contributed by atoms with E-state index < -0.39 is 0 Å². The second-order valence-corrected chi connectivity index (χ2v) is 15.2. The first kappa shape index (κ1) is 32.2. The van der Waals surface area contributed by atoms with Gasteiger partial charge < -0.3 is 20.1 Å². The predicted molar refractivity (Wildman–Crippen MR) is 170 cm³/mol. The highest BCUT2D eigenvalue weighted by molar-refractivity contribution is 5.91. The molecule has 0 saturated carbocycles. The zero-order valence-corrected chi connectivity index (χ0v) is 27.4. The van der Waals surface area contributed by atoms with Gasteiger partial charge in [0.05, 0.1) is 11.1 Å². The van der Waals surface area contributed by atoms with Crippen LogP contribution in [-0.4, -0.2) is 46.3 Å². The summed E-state index contributed by atoms with van der Waals surface area (Å²) in [4.78, 5) is 26.1. The fourth-order valence-electron chi connectivity index (χ4n) is 6.94. The van der Waals surface area contributed by atoms with E-state index in [2.05, 4.69) is 79.9 Å². The smallest absolute Gasteiger partial charge is 0.338 e. The Morgan fingerprint density at radius 3 is 1.19 bits per heavy atom. The van der Waals surface area contributed by atoms with Gasteiger partial charge in [0, 0.05) is 47.8 Å². The molecular weight excluding hydrogens is 524 g/mol. The van der Waals surface area contributed by atoms with Crippen molar-refractivity contribution in [1.29, 1.82) is 0 Å². The summed E-state index contributed by atoms with van der Waals surface area (Å²) in [5, 5.41) is 7.51. The summed E-state index contributed by atoms with van der Waals surface area (Å²) in [6.07, 6.45) is 2.87. The van der Waals surface area contributed by atoms with E-state index in [0.717, 1.165) is 36.8 Å². The van der Waals surface area contributed by atoms with E-state index in [0.29, 0.717) is 23.0 Å². The van der Waals surface area contributed by atoms with Crippen molar-refractivity contribution in [2.24, 2.45) is 11.8 Å². The van der Waals surface area contributed by atoms with Gasteiger partial charge in [0.15, 0.2) is 0 Å². The Kier molecular flexibility index (Phi) is 9.02. The molecule has 2 aliphatic rings. The van der Waals surface area contributed by atoms with Crippen LogP contribution in [0.1, 0.15) is 116 Å². The number of hydrogen-bond donors (Lipinski definition) is 2. The number of rotatable bonds is 7. The molecule has 42 heavy (non-hydrogen) atoms. The molecule has 2 saturated heterocycles. The third kappa shape index (κ3) is 7.44. The maximum Gasteiger partial charge on any atom is 0.338 e. The Bertz CT molecular complexity index is 1160. The minimum absolute atomic E-state index is 0.0893. The van der Waals surface area contributed by atoms with Crippen molar-refractivity contribution in [2.45, 2.75) is 129 Å². The molecule has 6 nitrogen and oxygen atoms in total. The molecule has 2 fully saturated rings. The van der Waals surface area contributed by atoms with Crippen molar-refractivity contribution >= 4 is 11.9 Å². The number of nitrogens with one attached hydrogen (secondary N) is 2. The average molecular weight is 577 g/mol. The van der Waals surface area contributed by atoms with Crippen molar-refractivity contribution in [2.75, 3.05) is 0 Å². The number of ether oxygens (including phenoxy) is 2. The molecule has 2 aromatic rings. The molecule has 4 unspecified atom stereocenters. The molecule has 6 heteroatoms. The molecule has 4 rings (SSSR count). The van der Waals surface area contributed by atoms with E-state index in [1.54, 1.807) is 0 Å². The normalized spacial score (nSPS) is 28.9. The van der Waals surface area contributed by atoms with Crippen LogP contribution in [0, 0.1) is 11.8 Å². The van der Waals surface area contributed by atoms with E-state index in [1.165, 1.54) is 0 Å². The third-order valence-electron chi connectivity index (χ3n) is 9.70. The van der Waals surface area contributed by atoms with Crippen molar-refractivity contribution in [1.82, 2.24) is 10.6 Å². The van der Waals surface area contributed by atoms with Crippen molar-refractivity contribution in [3.05, 3.63) is 59.7 Å². The van der Waals surface area contributed by atoms with Crippen molar-refractivity contribution in [3.8, 4) is 11.1 Å². The van der Waals surface area contributed by atoms with Gasteiger partial charge in [0.1, 0.15) is 12.2 Å². The van der Waals surface area contributed by atoms with Gasteiger partial charge in [-0.1, -0.05) is 52.0 Å². The van der Waals surface area contributed by atoms with Crippen LogP contribution >= 0.6 is 0 Å². The molecule has 2 aromatic carbocycles. The molecule has 0 aromatic heterocycles. The minimum atomic E-state index is -0.289. The van der Waals surface area contributed by atoms with Crippen LogP contribution < -0.4 is 10.6 Å². The molecule has 230 valence electrons. The zero-order valence-electron chi connectivity index (χ0n) is 27.4. The lowest BCUT2D eigenvalue weighted by Gasteiger charge is -2.49. The van der Waals surface area contributed by atoms with Crippen LogP contribution in [0.3, 0.4) is 0 Å². The lowest BCUT2D eigenvalue weighted by molar-refractivity contribution is -0.0195. The third-order valence-corrected chi connectivity index (χ3v) is 9.70. The van der Waals surface area contributed by atoms with E-state index >= 15 is 0 Å². The van der Waals surface area contributed by atoms with Crippen LogP contribution in [0.5, 0.6) is 0 Å². The second kappa shape index (κ2) is 11.8. The molecule has 0 aliphatic carbocycles. The fourth-order valence-corrected chi connectivity index (χ4v) is 6.94. The fraction of sp³-hybridized carbons (Fsp3) is 0.611. The summed E-state index contributed by atoms with van der Waals surface area (Å²) in [5.74, 6) is 0.262. The first-order valence-corrected chi connectivity index (χ1v) is 15.6. The van der Waals surface area contributed by atoms with E-state index in [4.69, 9.17) is 9.47 Å². The molecule has 0 amide bonds. The highest BCUT2D eigenvalue weighted by Gasteiger charge is 2.45. The number of carbonyl (C=O) groups excluding carboxylic acids is 2. The maximum absolute atomic E-state index is 13.1. The van der Waals surface area contributed by atoms with Crippen LogP contribution in [0.2, 0.25) is 0 Å². The Hall–Kier alpha value is -2.70. The quantitative estimate of drug-likeness (QED) is 0.331. The lowest BCUT2D eigenvalue weighted by Crippen LogP contribution is -2.63. The van der Waals surface area contributed by atoms with Gasteiger partial charge in [0.2, 0.25) is 0 Å². The maximum atomic E-state index is 13.1. The standard InChI is InChI=1S/C36H52N2O4/c1-23(2)35(9)21-29(19-33(5,6)37-35)41-31(39)27-15-11-25(12-16-27)26-13-17-28(18-14-26)32(40)42-30-20-34(7,8)38-36(10,22-30)24(3)4/h11-18,23-24,29-30,37-38H,19-22H2,1-10H3. The summed E-state index contributed by atoms with van der Waals surface area (Å²) in [6.45, 7) is 21.9. The molecule has 4 atom stereocenters. The summed E-state index contributed by atoms with van der Waals surface area (Å²) < 4.78 is 12.0. The van der Waals surface area contributed by atoms with Gasteiger partial charge in [-0.3, -0.25) is 0 Å². The summed E-state index contributed by atoms with van der Waals surface area (Å²) >= 11 is 0. The molecule has 0 spiro atoms. The van der Waals surface area contributed by atoms with Gasteiger partial charge in [-0.25, -0.2) is 9.59 Å². The Labute approximate surface area is 253 Å². The molecule has 0 radical (unpaired) electrons. The van der Waals surface area contributed by atoms with Gasteiger partial charge in [-0.2, -0.15) is 0 Å². The van der Waals surface area contributed by atoms with Gasteiger partial charge in [0.25, 0.3) is 0 Å². The number of carbonyl (C=O) groups is 2. The van der Waals surface area contributed by atoms with Gasteiger partial charge >= 0.3 is 11.9 Å². The molecule has 2 heterocycles. The van der Waals surface area contributed by atoms with Crippen molar-refractivity contribution in [3.63, 3.8) is 0 Å². The highest BCUT2D eigenvalue weighted by Crippen LogP contribution is 2.37. The summed E-state index contributed by atoms with van der Waals surface area (Å²) in [5.41, 5.74) is 2.62. The summed E-state index contributed by atoms with van der Waals surface area (Å²) in [6, 6.07) is 15.0. The zero-order chi connectivity index (χ0) is 31.1. The van der Waals surface area contributed by atoms with E-state index in [9.17, 15) is 9.59 Å². The number of hydrogen-bond acceptors (Lipinski definition) is 6. The molecular formula is C36H52N2O4. The number of esters is 2. The van der Waals surface area contributed by atoms with E-state index in [-0.39, 0.29) is 46.3 Å². The monoisotopic (exact) mass is 576 g/mol. The molecule has 2 N–H and O–H groups in total. The van der Waals surface area contributed by atoms with Crippen LogP contribution in [0.4, 0.5) is 0 Å². The summed E-state index contributed by atoms with van der Waals surface area (Å²) in [7, 11) is 0. The number of piperidine rings is 2. The van der Waals surface area contributed by atoms with Crippen LogP contribution in [0.25, 0.3) is 11.1 Å². The first-order valence-electron chi connectivity index (χ1n) is 15.6. The molecule has 2 aliphatic heterocycles. The van der Waals surface area contributed by atoms with Crippen molar-refractivity contribution < 1.29 is 19.1 Å². The van der Waals surface area contributed by atoms with Gasteiger partial charge in [-0.05, 0) is 88.8 Å². The van der Waals surface area contributed by atoms with Crippen LogP contribution in [-0.2, 0) is 9.47 Å². The molecule has 0 bridgehead atoms. The predicted octanol–water partition coefficient (Wildman–Crippen LogP) is 7.56. The average Bonchev–Trinajstić information content (AvgIpc) is 2.86. The van der Waals surface area contributed by atoms with E-state index in [1.807, 2.05) is 48.5 Å². The van der Waals surface area contributed by atoms with Gasteiger partial charge in [-0.15, -0.1) is 0 Å². The largest absolute Gasteiger partial charge is 0.459 e. The lowest BCUT2D eigenvalue weighted by atomic mass is 9.74. The highest BCUT2D eigenvalue weighted by atomic mass is 16.5. The second-order valence-electron chi connectivity index (χ2n) is 15.2.